The summed E-state index contributed by atoms with van der Waals surface area (Å²) in [5.74, 6) is -2.14. The lowest BCUT2D eigenvalue weighted by molar-refractivity contribution is -0.140. The van der Waals surface area contributed by atoms with Gasteiger partial charge in [-0.3, -0.25) is 14.4 Å². The molecule has 0 saturated heterocycles. The van der Waals surface area contributed by atoms with Crippen molar-refractivity contribution in [3.63, 3.8) is 0 Å². The van der Waals surface area contributed by atoms with Crippen LogP contribution >= 0.6 is 23.4 Å². The fourth-order valence-corrected chi connectivity index (χ4v) is 3.84. The maximum atomic E-state index is 14.2. The van der Waals surface area contributed by atoms with Crippen molar-refractivity contribution in [2.24, 2.45) is 7.05 Å². The number of carbonyl (C=O) groups is 1. The number of halogens is 6. The van der Waals surface area contributed by atoms with Crippen molar-refractivity contribution in [3.8, 4) is 0 Å². The Labute approximate surface area is 170 Å². The number of carbonyl (C=O) groups excluding carboxylic acids is 1. The molecule has 0 bridgehead atoms. The smallest absolute Gasteiger partial charge is 0.278 e. The zero-order valence-corrected chi connectivity index (χ0v) is 16.1. The van der Waals surface area contributed by atoms with Crippen molar-refractivity contribution >= 4 is 41.1 Å². The van der Waals surface area contributed by atoms with E-state index in [1.54, 1.807) is 18.2 Å². The molecule has 0 atom stereocenters. The Bertz CT molecular complexity index is 1070. The monoisotopic (exact) mass is 447 g/mol. The Kier molecular flexibility index (Phi) is 5.85. The molecule has 0 aliphatic carbocycles. The van der Waals surface area contributed by atoms with E-state index in [1.165, 1.54) is 13.1 Å². The zero-order chi connectivity index (χ0) is 21.3. The maximum Gasteiger partial charge on any atom is 0.437 e. The fourth-order valence-electron chi connectivity index (χ4n) is 2.57. The van der Waals surface area contributed by atoms with Crippen LogP contribution in [-0.2, 0) is 18.0 Å². The Morgan fingerprint density at radius 1 is 1.17 bits per heavy atom. The summed E-state index contributed by atoms with van der Waals surface area (Å²) in [6.07, 6.45) is -4.91. The van der Waals surface area contributed by atoms with Gasteiger partial charge in [0.1, 0.15) is 22.3 Å². The largest absolute Gasteiger partial charge is 0.437 e. The first-order valence-electron chi connectivity index (χ1n) is 7.89. The lowest BCUT2D eigenvalue weighted by Gasteiger charge is -2.20. The van der Waals surface area contributed by atoms with Crippen LogP contribution < -0.4 is 4.90 Å². The Hall–Kier alpha value is -2.59. The third kappa shape index (κ3) is 4.38. The van der Waals surface area contributed by atoms with Gasteiger partial charge in [0.2, 0.25) is 6.41 Å². The molecule has 0 fully saturated rings. The molecule has 1 aromatic heterocycles. The molecule has 11 heteroatoms. The summed E-state index contributed by atoms with van der Waals surface area (Å²) >= 11 is 6.78. The number of alkyl halides is 3. The molecular formula is C18H11ClF5N3OS. The second-order valence-corrected chi connectivity index (χ2v) is 7.25. The molecule has 0 aliphatic rings. The van der Waals surface area contributed by atoms with Crippen LogP contribution in [0.2, 0.25) is 5.02 Å². The molecule has 4 nitrogen and oxygen atoms in total. The summed E-state index contributed by atoms with van der Waals surface area (Å²) in [5, 5.41) is 3.75. The molecule has 152 valence electrons. The van der Waals surface area contributed by atoms with Crippen molar-refractivity contribution < 1.29 is 26.7 Å². The molecular weight excluding hydrogens is 437 g/mol. The second-order valence-electron chi connectivity index (χ2n) is 5.75. The Balaban J connectivity index is 2.22. The van der Waals surface area contributed by atoms with Gasteiger partial charge in [0.05, 0.1) is 5.69 Å². The van der Waals surface area contributed by atoms with Crippen LogP contribution in [0.1, 0.15) is 5.69 Å². The van der Waals surface area contributed by atoms with Gasteiger partial charge in [0.15, 0.2) is 5.69 Å². The van der Waals surface area contributed by atoms with Gasteiger partial charge >= 0.3 is 6.18 Å². The molecule has 0 radical (unpaired) electrons. The van der Waals surface area contributed by atoms with E-state index < -0.39 is 34.9 Å². The highest BCUT2D eigenvalue weighted by molar-refractivity contribution is 7.99. The van der Waals surface area contributed by atoms with Crippen LogP contribution in [0.3, 0.4) is 0 Å². The third-order valence-corrected chi connectivity index (χ3v) is 5.14. The average Bonchev–Trinajstić information content (AvgIpc) is 2.94. The minimum absolute atomic E-state index is 0.0185. The predicted octanol–water partition coefficient (Wildman–Crippen LogP) is 5.82. The molecule has 1 heterocycles. The zero-order valence-electron chi connectivity index (χ0n) is 14.5. The van der Waals surface area contributed by atoms with Crippen molar-refractivity contribution in [3.05, 3.63) is 64.8 Å². The van der Waals surface area contributed by atoms with Crippen LogP contribution in [0.15, 0.2) is 52.4 Å². The van der Waals surface area contributed by atoms with Crippen LogP contribution in [0, 0.1) is 11.6 Å². The molecule has 0 aliphatic heterocycles. The number of benzene rings is 2. The number of aryl methyl sites for hydroxylation is 1. The van der Waals surface area contributed by atoms with E-state index in [2.05, 4.69) is 5.10 Å². The van der Waals surface area contributed by atoms with Gasteiger partial charge in [-0.1, -0.05) is 29.4 Å². The first-order valence-corrected chi connectivity index (χ1v) is 9.08. The van der Waals surface area contributed by atoms with Crippen LogP contribution in [0.4, 0.5) is 33.3 Å². The molecule has 3 rings (SSSR count). The highest BCUT2D eigenvalue weighted by Gasteiger charge is 2.41. The molecule has 0 spiro atoms. The van der Waals surface area contributed by atoms with Crippen molar-refractivity contribution in [1.82, 2.24) is 9.78 Å². The predicted molar refractivity (Wildman–Crippen MR) is 98.3 cm³/mol. The van der Waals surface area contributed by atoms with E-state index in [0.717, 1.165) is 28.6 Å². The highest BCUT2D eigenvalue weighted by Crippen LogP contribution is 2.46. The Morgan fingerprint density at radius 2 is 1.90 bits per heavy atom. The average molecular weight is 448 g/mol. The lowest BCUT2D eigenvalue weighted by Crippen LogP contribution is -2.20. The second kappa shape index (κ2) is 8.03. The summed E-state index contributed by atoms with van der Waals surface area (Å²) in [6.45, 7) is 0. The number of anilines is 2. The van der Waals surface area contributed by atoms with Crippen LogP contribution in [0.5, 0.6) is 0 Å². The lowest BCUT2D eigenvalue weighted by atomic mass is 10.2. The SMILES string of the molecule is Cn1nc(C(F)(F)F)c(N(C=O)c2ccc(F)cc2F)c1Sc1cccc(Cl)c1. The number of hydrogen-bond donors (Lipinski definition) is 0. The van der Waals surface area contributed by atoms with Gasteiger partial charge in [-0.15, -0.1) is 0 Å². The fraction of sp³-hybridized carbons (Fsp3) is 0.111. The van der Waals surface area contributed by atoms with Crippen LogP contribution in [-0.4, -0.2) is 16.2 Å². The first-order chi connectivity index (χ1) is 13.6. The molecule has 1 amide bonds. The summed E-state index contributed by atoms with van der Waals surface area (Å²) in [5.41, 5.74) is -2.61. The van der Waals surface area contributed by atoms with E-state index in [1.807, 2.05) is 0 Å². The molecule has 0 unspecified atom stereocenters. The van der Waals surface area contributed by atoms with Crippen LogP contribution in [0.25, 0.3) is 0 Å². The van der Waals surface area contributed by atoms with Gasteiger partial charge < -0.3 is 0 Å². The molecule has 2 aromatic carbocycles. The van der Waals surface area contributed by atoms with E-state index in [0.29, 0.717) is 20.9 Å². The quantitative estimate of drug-likeness (QED) is 0.365. The minimum Gasteiger partial charge on any atom is -0.278 e. The molecule has 3 aromatic rings. The van der Waals surface area contributed by atoms with E-state index in [9.17, 15) is 26.7 Å². The van der Waals surface area contributed by atoms with Gasteiger partial charge in [-0.05, 0) is 30.3 Å². The molecule has 0 saturated carbocycles. The van der Waals surface area contributed by atoms with Gasteiger partial charge in [0, 0.05) is 23.0 Å². The standard InChI is InChI=1S/C18H11ClF5N3OS/c1-26-17(29-12-4-2-3-10(19)7-12)15(16(25-26)18(22,23)24)27(9-28)14-6-5-11(20)8-13(14)21/h2-9H,1H3. The summed E-state index contributed by atoms with van der Waals surface area (Å²) < 4.78 is 69.3. The van der Waals surface area contributed by atoms with E-state index in [4.69, 9.17) is 11.6 Å². The number of hydrogen-bond acceptors (Lipinski definition) is 3. The van der Waals surface area contributed by atoms with Gasteiger partial charge in [0.25, 0.3) is 0 Å². The third-order valence-electron chi connectivity index (χ3n) is 3.77. The Morgan fingerprint density at radius 3 is 2.48 bits per heavy atom. The normalized spacial score (nSPS) is 11.6. The van der Waals surface area contributed by atoms with Gasteiger partial charge in [-0.25, -0.2) is 8.78 Å². The summed E-state index contributed by atoms with van der Waals surface area (Å²) in [7, 11) is 1.26. The maximum absolute atomic E-state index is 14.2. The molecule has 0 N–H and O–H groups in total. The molecule has 29 heavy (non-hydrogen) atoms. The van der Waals surface area contributed by atoms with Crippen molar-refractivity contribution in [2.45, 2.75) is 16.1 Å². The van der Waals surface area contributed by atoms with Crippen molar-refractivity contribution in [2.75, 3.05) is 4.90 Å². The highest BCUT2D eigenvalue weighted by atomic mass is 35.5. The number of nitrogens with zero attached hydrogens (tertiary/aromatic N) is 3. The van der Waals surface area contributed by atoms with Crippen molar-refractivity contribution in [1.29, 1.82) is 0 Å². The minimum atomic E-state index is -4.93. The number of amides is 1. The summed E-state index contributed by atoms with van der Waals surface area (Å²) in [4.78, 5) is 12.6. The summed E-state index contributed by atoms with van der Waals surface area (Å²) in [6, 6.07) is 8.48. The van der Waals surface area contributed by atoms with E-state index in [-0.39, 0.29) is 11.4 Å². The number of rotatable bonds is 5. The van der Waals surface area contributed by atoms with E-state index >= 15 is 0 Å². The number of aromatic nitrogens is 2. The first kappa shape index (κ1) is 21.1. The van der Waals surface area contributed by atoms with Gasteiger partial charge in [-0.2, -0.15) is 18.3 Å². The topological polar surface area (TPSA) is 38.1 Å².